The molecule has 0 radical (unpaired) electrons. The van der Waals surface area contributed by atoms with Gasteiger partial charge in [0.05, 0.1) is 0 Å². The number of aryl methyl sites for hydroxylation is 5. The topological polar surface area (TPSA) is 52.6 Å². The van der Waals surface area contributed by atoms with Gasteiger partial charge in [-0.15, -0.1) is 0 Å². The third kappa shape index (κ3) is 7.82. The van der Waals surface area contributed by atoms with E-state index in [1.807, 2.05) is 48.5 Å². The molecule has 35 heavy (non-hydrogen) atoms. The Kier molecular flexibility index (Phi) is 8.80. The van der Waals surface area contributed by atoms with Crippen LogP contribution in [0.2, 0.25) is 0 Å². The molecule has 0 aliphatic rings. The molecule has 0 aliphatic carbocycles. The molecule has 0 atom stereocenters. The van der Waals surface area contributed by atoms with Crippen molar-refractivity contribution in [2.24, 2.45) is 0 Å². The molecule has 0 saturated heterocycles. The van der Waals surface area contributed by atoms with Crippen molar-refractivity contribution in [2.45, 2.75) is 46.5 Å². The standard InChI is InChI=1S/C31H32O4/c1-21(2)30(32)34-28-16-10-24(11-17-28)6-7-26-9-15-27(23(5)20-26)14-8-25-12-18-29(19-13-25)35-31(33)22(3)4/h9-13,15-20H,1,3,6-8,14H2,2,4-5H3. The fourth-order valence-corrected chi connectivity index (χ4v) is 3.60. The zero-order chi connectivity index (χ0) is 25.4. The number of benzene rings is 3. The van der Waals surface area contributed by atoms with E-state index >= 15 is 0 Å². The monoisotopic (exact) mass is 468 g/mol. The van der Waals surface area contributed by atoms with Crippen molar-refractivity contribution in [1.29, 1.82) is 0 Å². The molecule has 0 bridgehead atoms. The molecule has 0 fully saturated rings. The summed E-state index contributed by atoms with van der Waals surface area (Å²) in [5, 5.41) is 0. The number of esters is 2. The molecule has 0 saturated carbocycles. The molecular weight excluding hydrogens is 436 g/mol. The third-order valence-corrected chi connectivity index (χ3v) is 5.76. The Morgan fingerprint density at radius 3 is 1.46 bits per heavy atom. The maximum absolute atomic E-state index is 11.6. The van der Waals surface area contributed by atoms with Crippen molar-refractivity contribution in [1.82, 2.24) is 0 Å². The van der Waals surface area contributed by atoms with E-state index in [0.29, 0.717) is 22.6 Å². The Balaban J connectivity index is 1.50. The highest BCUT2D eigenvalue weighted by Gasteiger charge is 2.07. The summed E-state index contributed by atoms with van der Waals surface area (Å²) in [5.41, 5.74) is 7.07. The van der Waals surface area contributed by atoms with Gasteiger partial charge in [0.2, 0.25) is 0 Å². The van der Waals surface area contributed by atoms with Crippen molar-refractivity contribution < 1.29 is 19.1 Å². The second-order valence-electron chi connectivity index (χ2n) is 8.89. The SMILES string of the molecule is C=C(C)C(=O)Oc1ccc(CCc2ccc(CCc3ccc(OC(=O)C(=C)C)cc3)c(C)c2)cc1. The molecule has 3 aromatic carbocycles. The maximum Gasteiger partial charge on any atom is 0.338 e. The second-order valence-corrected chi connectivity index (χ2v) is 8.89. The molecule has 4 heteroatoms. The molecule has 3 aromatic rings. The molecule has 0 unspecified atom stereocenters. The summed E-state index contributed by atoms with van der Waals surface area (Å²) in [6, 6.07) is 21.9. The number of hydrogen-bond acceptors (Lipinski definition) is 4. The number of carbonyl (C=O) groups excluding carboxylic acids is 2. The van der Waals surface area contributed by atoms with Crippen molar-refractivity contribution in [3.05, 3.63) is 119 Å². The van der Waals surface area contributed by atoms with Crippen LogP contribution < -0.4 is 9.47 Å². The Hall–Kier alpha value is -3.92. The van der Waals surface area contributed by atoms with E-state index in [2.05, 4.69) is 38.3 Å². The minimum atomic E-state index is -0.408. The van der Waals surface area contributed by atoms with Crippen LogP contribution in [-0.4, -0.2) is 11.9 Å². The summed E-state index contributed by atoms with van der Waals surface area (Å²) in [5.74, 6) is 0.248. The largest absolute Gasteiger partial charge is 0.423 e. The van der Waals surface area contributed by atoms with Crippen LogP contribution in [0.5, 0.6) is 11.5 Å². The van der Waals surface area contributed by atoms with Gasteiger partial charge in [-0.25, -0.2) is 9.59 Å². The summed E-state index contributed by atoms with van der Waals surface area (Å²) in [6.45, 7) is 12.6. The van der Waals surface area contributed by atoms with Gasteiger partial charge in [-0.05, 0) is 98.5 Å². The van der Waals surface area contributed by atoms with E-state index in [-0.39, 0.29) is 0 Å². The van der Waals surface area contributed by atoms with Crippen LogP contribution in [-0.2, 0) is 35.3 Å². The number of carbonyl (C=O) groups is 2. The maximum atomic E-state index is 11.6. The predicted octanol–water partition coefficient (Wildman–Crippen LogP) is 6.53. The zero-order valence-electron chi connectivity index (χ0n) is 20.7. The Morgan fingerprint density at radius 1 is 0.629 bits per heavy atom. The van der Waals surface area contributed by atoms with Gasteiger partial charge in [0.1, 0.15) is 11.5 Å². The van der Waals surface area contributed by atoms with E-state index < -0.39 is 11.9 Å². The smallest absolute Gasteiger partial charge is 0.338 e. The zero-order valence-corrected chi connectivity index (χ0v) is 20.7. The van der Waals surface area contributed by atoms with Gasteiger partial charge < -0.3 is 9.47 Å². The van der Waals surface area contributed by atoms with Crippen molar-refractivity contribution in [2.75, 3.05) is 0 Å². The molecule has 3 rings (SSSR count). The lowest BCUT2D eigenvalue weighted by atomic mass is 9.96. The summed E-state index contributed by atoms with van der Waals surface area (Å²) in [4.78, 5) is 23.3. The normalized spacial score (nSPS) is 10.5. The fraction of sp³-hybridized carbons (Fsp3) is 0.226. The highest BCUT2D eigenvalue weighted by Crippen LogP contribution is 2.19. The van der Waals surface area contributed by atoms with E-state index in [1.54, 1.807) is 13.8 Å². The second kappa shape index (κ2) is 12.0. The number of ether oxygens (including phenoxy) is 2. The lowest BCUT2D eigenvalue weighted by Gasteiger charge is -2.10. The summed E-state index contributed by atoms with van der Waals surface area (Å²) >= 11 is 0. The van der Waals surface area contributed by atoms with Crippen LogP contribution >= 0.6 is 0 Å². The predicted molar refractivity (Wildman–Crippen MR) is 140 cm³/mol. The third-order valence-electron chi connectivity index (χ3n) is 5.76. The number of hydrogen-bond donors (Lipinski definition) is 0. The van der Waals surface area contributed by atoms with Crippen LogP contribution in [0.15, 0.2) is 91.0 Å². The van der Waals surface area contributed by atoms with Crippen molar-refractivity contribution in [3.63, 3.8) is 0 Å². The molecular formula is C31H32O4. The highest BCUT2D eigenvalue weighted by atomic mass is 16.5. The molecule has 0 amide bonds. The summed E-state index contributed by atoms with van der Waals surface area (Å²) in [6.07, 6.45) is 3.71. The first-order valence-corrected chi connectivity index (χ1v) is 11.7. The number of rotatable bonds is 10. The minimum Gasteiger partial charge on any atom is -0.423 e. The van der Waals surface area contributed by atoms with Gasteiger partial charge in [-0.2, -0.15) is 0 Å². The van der Waals surface area contributed by atoms with Gasteiger partial charge in [0, 0.05) is 11.1 Å². The molecule has 180 valence electrons. The Bertz CT molecular complexity index is 1220. The Labute approximate surface area is 207 Å². The fourth-order valence-electron chi connectivity index (χ4n) is 3.60. The van der Waals surface area contributed by atoms with Gasteiger partial charge in [0.25, 0.3) is 0 Å². The van der Waals surface area contributed by atoms with Gasteiger partial charge >= 0.3 is 11.9 Å². The van der Waals surface area contributed by atoms with Gasteiger partial charge in [0.15, 0.2) is 0 Å². The first-order chi connectivity index (χ1) is 16.7. The Morgan fingerprint density at radius 2 is 1.03 bits per heavy atom. The van der Waals surface area contributed by atoms with Crippen LogP contribution in [0.1, 0.15) is 41.7 Å². The van der Waals surface area contributed by atoms with Crippen LogP contribution in [0.4, 0.5) is 0 Å². The summed E-state index contributed by atoms with van der Waals surface area (Å²) < 4.78 is 10.5. The first-order valence-electron chi connectivity index (χ1n) is 11.7. The lowest BCUT2D eigenvalue weighted by Crippen LogP contribution is -2.08. The van der Waals surface area contributed by atoms with E-state index in [4.69, 9.17) is 9.47 Å². The van der Waals surface area contributed by atoms with E-state index in [9.17, 15) is 9.59 Å². The van der Waals surface area contributed by atoms with Crippen molar-refractivity contribution >= 4 is 11.9 Å². The average molecular weight is 469 g/mol. The van der Waals surface area contributed by atoms with Crippen LogP contribution in [0, 0.1) is 6.92 Å². The molecule has 0 spiro atoms. The quantitative estimate of drug-likeness (QED) is 0.193. The van der Waals surface area contributed by atoms with Gasteiger partial charge in [-0.1, -0.05) is 55.6 Å². The lowest BCUT2D eigenvalue weighted by molar-refractivity contribution is -0.130. The van der Waals surface area contributed by atoms with Crippen LogP contribution in [0.3, 0.4) is 0 Å². The minimum absolute atomic E-state index is 0.382. The molecule has 0 heterocycles. The van der Waals surface area contributed by atoms with Gasteiger partial charge in [-0.3, -0.25) is 0 Å². The van der Waals surface area contributed by atoms with Crippen molar-refractivity contribution in [3.8, 4) is 11.5 Å². The summed E-state index contributed by atoms with van der Waals surface area (Å²) in [7, 11) is 0. The highest BCUT2D eigenvalue weighted by molar-refractivity contribution is 5.89. The molecule has 0 aliphatic heterocycles. The van der Waals surface area contributed by atoms with E-state index in [0.717, 1.165) is 25.7 Å². The first kappa shape index (κ1) is 25.7. The average Bonchev–Trinajstić information content (AvgIpc) is 2.83. The molecule has 4 nitrogen and oxygen atoms in total. The molecule has 0 aromatic heterocycles. The van der Waals surface area contributed by atoms with Crippen LogP contribution in [0.25, 0.3) is 0 Å². The molecule has 0 N–H and O–H groups in total. The van der Waals surface area contributed by atoms with E-state index in [1.165, 1.54) is 27.8 Å².